The van der Waals surface area contributed by atoms with Crippen LogP contribution in [0.2, 0.25) is 0 Å². The molecule has 1 fully saturated rings. The molecule has 3 aromatic rings. The zero-order valence-corrected chi connectivity index (χ0v) is 17.3. The van der Waals surface area contributed by atoms with Crippen LogP contribution in [0.5, 0.6) is 0 Å². The van der Waals surface area contributed by atoms with E-state index < -0.39 is 6.04 Å². The number of hydrogen-bond donors (Lipinski definition) is 1. The van der Waals surface area contributed by atoms with Crippen LogP contribution in [0.25, 0.3) is 5.69 Å². The Morgan fingerprint density at radius 2 is 1.67 bits per heavy atom. The minimum atomic E-state index is -0.490. The number of hydrogen-bond acceptors (Lipinski definition) is 3. The van der Waals surface area contributed by atoms with Gasteiger partial charge in [0.15, 0.2) is 0 Å². The summed E-state index contributed by atoms with van der Waals surface area (Å²) in [7, 11) is 0. The van der Waals surface area contributed by atoms with E-state index in [2.05, 4.69) is 10.4 Å². The Balaban J connectivity index is 1.46. The number of nitrogens with zero attached hydrogens (tertiary/aromatic N) is 3. The van der Waals surface area contributed by atoms with Gasteiger partial charge in [-0.2, -0.15) is 5.10 Å². The molecule has 2 heterocycles. The van der Waals surface area contributed by atoms with Crippen molar-refractivity contribution in [3.05, 3.63) is 77.6 Å². The largest absolute Gasteiger partial charge is 0.344 e. The molecule has 0 radical (unpaired) electrons. The number of rotatable bonds is 5. The second kappa shape index (κ2) is 8.53. The maximum Gasteiger partial charge on any atom is 0.249 e. The molecule has 2 aromatic carbocycles. The summed E-state index contributed by atoms with van der Waals surface area (Å²) in [6.07, 6.45) is 1.73. The van der Waals surface area contributed by atoms with Crippen LogP contribution in [0.15, 0.2) is 60.7 Å². The Bertz CT molecular complexity index is 1040. The average Bonchev–Trinajstić information content (AvgIpc) is 3.05. The van der Waals surface area contributed by atoms with Gasteiger partial charge in [0.25, 0.3) is 0 Å². The maximum absolute atomic E-state index is 12.9. The fourth-order valence-electron chi connectivity index (χ4n) is 4.03. The summed E-state index contributed by atoms with van der Waals surface area (Å²) in [6, 6.07) is 19.0. The van der Waals surface area contributed by atoms with Gasteiger partial charge in [0.2, 0.25) is 11.8 Å². The molecule has 6 nitrogen and oxygen atoms in total. The van der Waals surface area contributed by atoms with Crippen LogP contribution in [-0.2, 0) is 16.0 Å². The van der Waals surface area contributed by atoms with Gasteiger partial charge in [-0.1, -0.05) is 36.4 Å². The molecule has 1 aliphatic heterocycles. The number of nitrogens with one attached hydrogen (secondary N) is 1. The van der Waals surface area contributed by atoms with Crippen LogP contribution in [0.1, 0.15) is 29.8 Å². The number of carbonyl (C=O) groups is 2. The highest BCUT2D eigenvalue weighted by Gasteiger charge is 2.31. The Morgan fingerprint density at radius 1 is 1.03 bits per heavy atom. The summed E-state index contributed by atoms with van der Waals surface area (Å²) in [5.74, 6) is -0.198. The highest BCUT2D eigenvalue weighted by Crippen LogP contribution is 2.22. The summed E-state index contributed by atoms with van der Waals surface area (Å²) < 4.78 is 1.86. The van der Waals surface area contributed by atoms with E-state index in [1.807, 2.05) is 79.2 Å². The minimum Gasteiger partial charge on any atom is -0.344 e. The lowest BCUT2D eigenvalue weighted by atomic mass is 10.0. The van der Waals surface area contributed by atoms with E-state index in [1.165, 1.54) is 0 Å². The molecule has 0 spiro atoms. The first kappa shape index (κ1) is 19.9. The molecule has 0 bridgehead atoms. The molecule has 1 aromatic heterocycles. The Kier molecular flexibility index (Phi) is 5.65. The Hall–Kier alpha value is -3.41. The molecule has 1 unspecified atom stereocenters. The maximum atomic E-state index is 12.9. The lowest BCUT2D eigenvalue weighted by Gasteiger charge is -2.32. The summed E-state index contributed by atoms with van der Waals surface area (Å²) in [5.41, 5.74) is 4.50. The number of carbonyl (C=O) groups excluding carboxylic acids is 2. The van der Waals surface area contributed by atoms with E-state index in [0.29, 0.717) is 13.0 Å². The number of aryl methyl sites for hydroxylation is 1. The molecule has 1 atom stereocenters. The van der Waals surface area contributed by atoms with E-state index in [1.54, 1.807) is 4.90 Å². The van der Waals surface area contributed by atoms with Crippen molar-refractivity contribution in [1.29, 1.82) is 0 Å². The van der Waals surface area contributed by atoms with Gasteiger partial charge >= 0.3 is 0 Å². The van der Waals surface area contributed by atoms with Crippen LogP contribution in [0.4, 0.5) is 5.69 Å². The summed E-state index contributed by atoms with van der Waals surface area (Å²) in [4.78, 5) is 27.5. The molecule has 4 rings (SSSR count). The third kappa shape index (κ3) is 3.99. The fraction of sp³-hybridized carbons (Fsp3) is 0.292. The second-order valence-corrected chi connectivity index (χ2v) is 7.66. The monoisotopic (exact) mass is 402 g/mol. The molecule has 6 heteroatoms. The zero-order chi connectivity index (χ0) is 21.1. The first-order valence-electron chi connectivity index (χ1n) is 10.3. The molecule has 1 N–H and O–H groups in total. The van der Waals surface area contributed by atoms with Crippen molar-refractivity contribution in [1.82, 2.24) is 15.1 Å². The first-order chi connectivity index (χ1) is 14.5. The molecular weight excluding hydrogens is 376 g/mol. The van der Waals surface area contributed by atoms with Crippen molar-refractivity contribution < 1.29 is 9.59 Å². The van der Waals surface area contributed by atoms with Gasteiger partial charge in [0.05, 0.1) is 17.8 Å². The zero-order valence-electron chi connectivity index (χ0n) is 17.3. The average molecular weight is 402 g/mol. The molecule has 154 valence electrons. The highest BCUT2D eigenvalue weighted by atomic mass is 16.2. The van der Waals surface area contributed by atoms with Crippen LogP contribution in [0, 0.1) is 13.8 Å². The molecule has 0 aliphatic carbocycles. The molecular formula is C24H26N4O2. The van der Waals surface area contributed by atoms with Crippen molar-refractivity contribution >= 4 is 17.5 Å². The van der Waals surface area contributed by atoms with Crippen LogP contribution >= 0.6 is 0 Å². The van der Waals surface area contributed by atoms with Gasteiger partial charge in [0.1, 0.15) is 6.04 Å². The number of anilines is 1. The molecule has 1 aliphatic rings. The predicted octanol–water partition coefficient (Wildman–Crippen LogP) is 3.34. The van der Waals surface area contributed by atoms with E-state index in [4.69, 9.17) is 0 Å². The fourth-order valence-corrected chi connectivity index (χ4v) is 4.03. The second-order valence-electron chi connectivity index (χ2n) is 7.66. The quantitative estimate of drug-likeness (QED) is 0.712. The minimum absolute atomic E-state index is 0.0470. The number of benzene rings is 2. The smallest absolute Gasteiger partial charge is 0.249 e. The van der Waals surface area contributed by atoms with Crippen LogP contribution in [-0.4, -0.2) is 34.2 Å². The SMILES string of the molecule is Cc1nn(-c2ccccc2)c(C)c1CC(=O)NC1CCCN(c2ccccc2)C1=O. The van der Waals surface area contributed by atoms with Crippen LogP contribution < -0.4 is 10.2 Å². The number of piperidine rings is 1. The highest BCUT2D eigenvalue weighted by molar-refractivity contribution is 6.00. The third-order valence-electron chi connectivity index (χ3n) is 5.62. The van der Waals surface area contributed by atoms with Crippen LogP contribution in [0.3, 0.4) is 0 Å². The number of aromatic nitrogens is 2. The standard InChI is InChI=1S/C24H26N4O2/c1-17-21(18(2)28(26-17)20-12-7-4-8-13-20)16-23(29)25-22-14-9-15-27(24(22)30)19-10-5-3-6-11-19/h3-8,10-13,22H,9,14-16H2,1-2H3,(H,25,29). The summed E-state index contributed by atoms with van der Waals surface area (Å²) in [6.45, 7) is 4.56. The van der Waals surface area contributed by atoms with Gasteiger partial charge in [-0.3, -0.25) is 9.59 Å². The lowest BCUT2D eigenvalue weighted by molar-refractivity contribution is -0.128. The van der Waals surface area contributed by atoms with E-state index >= 15 is 0 Å². The first-order valence-corrected chi connectivity index (χ1v) is 10.3. The van der Waals surface area contributed by atoms with E-state index in [0.717, 1.165) is 34.7 Å². The summed E-state index contributed by atoms with van der Waals surface area (Å²) >= 11 is 0. The van der Waals surface area contributed by atoms with Crippen molar-refractivity contribution in [2.75, 3.05) is 11.4 Å². The summed E-state index contributed by atoms with van der Waals surface area (Å²) in [5, 5.41) is 7.56. The molecule has 0 saturated carbocycles. The predicted molar refractivity (Wildman–Crippen MR) is 117 cm³/mol. The number of para-hydroxylation sites is 2. The van der Waals surface area contributed by atoms with Crippen molar-refractivity contribution in [2.45, 2.75) is 39.2 Å². The van der Waals surface area contributed by atoms with Gasteiger partial charge in [-0.05, 0) is 51.0 Å². The van der Waals surface area contributed by atoms with Crippen molar-refractivity contribution in [3.8, 4) is 5.69 Å². The van der Waals surface area contributed by atoms with Crippen molar-refractivity contribution in [3.63, 3.8) is 0 Å². The molecule has 1 saturated heterocycles. The Labute approximate surface area is 176 Å². The van der Waals surface area contributed by atoms with Gasteiger partial charge in [-0.25, -0.2) is 4.68 Å². The third-order valence-corrected chi connectivity index (χ3v) is 5.62. The van der Waals surface area contributed by atoms with E-state index in [-0.39, 0.29) is 18.2 Å². The molecule has 30 heavy (non-hydrogen) atoms. The van der Waals surface area contributed by atoms with Gasteiger partial charge in [-0.15, -0.1) is 0 Å². The topological polar surface area (TPSA) is 67.2 Å². The number of amides is 2. The van der Waals surface area contributed by atoms with Crippen molar-refractivity contribution in [2.24, 2.45) is 0 Å². The van der Waals surface area contributed by atoms with Gasteiger partial charge < -0.3 is 10.2 Å². The van der Waals surface area contributed by atoms with E-state index in [9.17, 15) is 9.59 Å². The normalized spacial score (nSPS) is 16.5. The Morgan fingerprint density at radius 3 is 2.33 bits per heavy atom. The van der Waals surface area contributed by atoms with Gasteiger partial charge in [0, 0.05) is 23.5 Å². The molecule has 2 amide bonds. The lowest BCUT2D eigenvalue weighted by Crippen LogP contribution is -2.52.